The molecule has 0 N–H and O–H groups in total. The molecule has 0 radical (unpaired) electrons. The van der Waals surface area contributed by atoms with Crippen LogP contribution >= 0.6 is 23.1 Å². The van der Waals surface area contributed by atoms with Crippen LogP contribution in [0.3, 0.4) is 0 Å². The van der Waals surface area contributed by atoms with Gasteiger partial charge in [-0.15, -0.1) is 11.8 Å². The number of ether oxygens (including phenoxy) is 1. The van der Waals surface area contributed by atoms with Crippen LogP contribution in [0, 0.1) is 0 Å². The van der Waals surface area contributed by atoms with Gasteiger partial charge in [-0.3, -0.25) is 14.4 Å². The number of aromatic nitrogens is 3. The Hall–Kier alpha value is -2.84. The number of thioether (sulfide) groups is 1. The van der Waals surface area contributed by atoms with Gasteiger partial charge in [0.25, 0.3) is 0 Å². The number of fused-ring (bicyclic) bond motifs is 1. The molecule has 0 aliphatic carbocycles. The maximum absolute atomic E-state index is 13.2. The molecule has 8 heteroatoms. The van der Waals surface area contributed by atoms with Crippen molar-refractivity contribution in [3.05, 3.63) is 67.0 Å². The van der Waals surface area contributed by atoms with Crippen LogP contribution in [0.15, 0.2) is 71.9 Å². The first-order valence-electron chi connectivity index (χ1n) is 10.2. The molecule has 0 fully saturated rings. The second kappa shape index (κ2) is 10.5. The summed E-state index contributed by atoms with van der Waals surface area (Å²) in [7, 11) is 0. The first-order chi connectivity index (χ1) is 15.2. The molecule has 4 aromatic rings. The van der Waals surface area contributed by atoms with E-state index in [-0.39, 0.29) is 5.91 Å². The minimum absolute atomic E-state index is 0.0626. The van der Waals surface area contributed by atoms with Gasteiger partial charge < -0.3 is 4.74 Å². The largest absolute Gasteiger partial charge is 0.492 e. The van der Waals surface area contributed by atoms with Crippen molar-refractivity contribution in [2.24, 2.45) is 0 Å². The zero-order valence-electron chi connectivity index (χ0n) is 17.3. The van der Waals surface area contributed by atoms with Gasteiger partial charge in [0.2, 0.25) is 5.91 Å². The van der Waals surface area contributed by atoms with Gasteiger partial charge in [0.1, 0.15) is 11.3 Å². The lowest BCUT2D eigenvalue weighted by molar-refractivity contribution is -0.118. The lowest BCUT2D eigenvalue weighted by Crippen LogP contribution is -2.34. The SMILES string of the molecule is CCOc1cccc2sc(N(CCn3cccn3)C(=O)CCSc3ccccc3)nc12. The Morgan fingerprint density at radius 1 is 1.16 bits per heavy atom. The number of anilines is 1. The average molecular weight is 453 g/mol. The van der Waals surface area contributed by atoms with Crippen molar-refractivity contribution in [3.63, 3.8) is 0 Å². The van der Waals surface area contributed by atoms with Gasteiger partial charge in [-0.1, -0.05) is 35.6 Å². The molecule has 31 heavy (non-hydrogen) atoms. The zero-order valence-corrected chi connectivity index (χ0v) is 18.9. The van der Waals surface area contributed by atoms with Crippen LogP contribution in [0.5, 0.6) is 5.75 Å². The lowest BCUT2D eigenvalue weighted by Gasteiger charge is -2.20. The lowest BCUT2D eigenvalue weighted by atomic mass is 10.3. The number of hydrogen-bond acceptors (Lipinski definition) is 6. The Bertz CT molecular complexity index is 1110. The summed E-state index contributed by atoms with van der Waals surface area (Å²) in [4.78, 5) is 20.9. The fraction of sp³-hybridized carbons (Fsp3) is 0.261. The van der Waals surface area contributed by atoms with E-state index in [0.29, 0.717) is 31.2 Å². The highest BCUT2D eigenvalue weighted by Gasteiger charge is 2.21. The van der Waals surface area contributed by atoms with Crippen LogP contribution in [-0.2, 0) is 11.3 Å². The van der Waals surface area contributed by atoms with Gasteiger partial charge in [0.15, 0.2) is 5.13 Å². The summed E-state index contributed by atoms with van der Waals surface area (Å²) in [6.07, 6.45) is 4.08. The van der Waals surface area contributed by atoms with E-state index in [1.165, 1.54) is 16.2 Å². The van der Waals surface area contributed by atoms with E-state index in [2.05, 4.69) is 17.2 Å². The number of amides is 1. The third-order valence-corrected chi connectivity index (χ3v) is 6.70. The molecule has 1 amide bonds. The Morgan fingerprint density at radius 3 is 2.81 bits per heavy atom. The Kier molecular flexibility index (Phi) is 7.22. The van der Waals surface area contributed by atoms with Gasteiger partial charge in [0, 0.05) is 36.0 Å². The molecular formula is C23H24N4O2S2. The molecule has 0 spiro atoms. The van der Waals surface area contributed by atoms with Gasteiger partial charge in [-0.2, -0.15) is 5.10 Å². The molecule has 0 atom stereocenters. The van der Waals surface area contributed by atoms with E-state index < -0.39 is 0 Å². The van der Waals surface area contributed by atoms with Gasteiger partial charge in [-0.25, -0.2) is 4.98 Å². The highest BCUT2D eigenvalue weighted by molar-refractivity contribution is 7.99. The minimum Gasteiger partial charge on any atom is -0.492 e. The summed E-state index contributed by atoms with van der Waals surface area (Å²) < 4.78 is 8.57. The van der Waals surface area contributed by atoms with Crippen LogP contribution in [0.25, 0.3) is 10.2 Å². The first kappa shape index (κ1) is 21.4. The Labute approximate surface area is 189 Å². The standard InChI is InChI=1S/C23H24N4O2S2/c1-2-29-19-10-6-11-20-22(19)25-23(31-20)27(16-15-26-14-7-13-24-26)21(28)12-17-30-18-8-4-3-5-9-18/h3-11,13-14H,2,12,15-17H2,1H3. The maximum Gasteiger partial charge on any atom is 0.229 e. The smallest absolute Gasteiger partial charge is 0.229 e. The first-order valence-corrected chi connectivity index (χ1v) is 12.0. The number of para-hydroxylation sites is 1. The van der Waals surface area contributed by atoms with Crippen molar-refractivity contribution in [2.45, 2.75) is 24.8 Å². The fourth-order valence-corrected chi connectivity index (χ4v) is 5.06. The normalized spacial score (nSPS) is 11.0. The maximum atomic E-state index is 13.2. The number of hydrogen-bond donors (Lipinski definition) is 0. The predicted octanol–water partition coefficient (Wildman–Crippen LogP) is 5.11. The Morgan fingerprint density at radius 2 is 2.03 bits per heavy atom. The van der Waals surface area contributed by atoms with E-state index >= 15 is 0 Å². The average Bonchev–Trinajstić information content (AvgIpc) is 3.45. The number of thiazole rings is 1. The van der Waals surface area contributed by atoms with Crippen LogP contribution in [0.1, 0.15) is 13.3 Å². The van der Waals surface area contributed by atoms with Crippen molar-refractivity contribution >= 4 is 44.4 Å². The van der Waals surface area contributed by atoms with Crippen LogP contribution < -0.4 is 9.64 Å². The van der Waals surface area contributed by atoms with E-state index in [1.54, 1.807) is 22.9 Å². The highest BCUT2D eigenvalue weighted by atomic mass is 32.2. The quantitative estimate of drug-likeness (QED) is 0.313. The third-order valence-electron chi connectivity index (χ3n) is 4.64. The van der Waals surface area contributed by atoms with Crippen LogP contribution in [0.2, 0.25) is 0 Å². The van der Waals surface area contributed by atoms with Crippen LogP contribution in [-0.4, -0.2) is 39.6 Å². The number of carbonyl (C=O) groups is 1. The molecule has 0 saturated heterocycles. The van der Waals surface area contributed by atoms with Crippen molar-refractivity contribution in [1.82, 2.24) is 14.8 Å². The van der Waals surface area contributed by atoms with Gasteiger partial charge in [-0.05, 0) is 37.3 Å². The summed E-state index contributed by atoms with van der Waals surface area (Å²) in [5, 5.41) is 4.96. The monoisotopic (exact) mass is 452 g/mol. The van der Waals surface area contributed by atoms with E-state index in [4.69, 9.17) is 9.72 Å². The second-order valence-corrected chi connectivity index (χ2v) is 8.94. The second-order valence-electron chi connectivity index (χ2n) is 6.76. The summed E-state index contributed by atoms with van der Waals surface area (Å²) in [5.74, 6) is 1.53. The molecule has 0 aliphatic rings. The number of carbonyl (C=O) groups excluding carboxylic acids is 1. The molecule has 2 aromatic carbocycles. The van der Waals surface area contributed by atoms with Crippen molar-refractivity contribution in [1.29, 1.82) is 0 Å². The molecule has 4 rings (SSSR count). The minimum atomic E-state index is 0.0626. The molecule has 0 unspecified atom stereocenters. The zero-order chi connectivity index (χ0) is 21.5. The molecule has 160 valence electrons. The van der Waals surface area contributed by atoms with Gasteiger partial charge in [0.05, 0.1) is 17.9 Å². The van der Waals surface area contributed by atoms with Crippen molar-refractivity contribution in [2.75, 3.05) is 23.8 Å². The molecule has 2 heterocycles. The number of nitrogens with zero attached hydrogens (tertiary/aromatic N) is 4. The van der Waals surface area contributed by atoms with E-state index in [0.717, 1.165) is 21.7 Å². The summed E-state index contributed by atoms with van der Waals surface area (Å²) in [6, 6.07) is 17.9. The van der Waals surface area contributed by atoms with Crippen LogP contribution in [0.4, 0.5) is 5.13 Å². The molecule has 6 nitrogen and oxygen atoms in total. The van der Waals surface area contributed by atoms with E-state index in [9.17, 15) is 4.79 Å². The van der Waals surface area contributed by atoms with Crippen molar-refractivity contribution in [3.8, 4) is 5.75 Å². The number of rotatable bonds is 10. The van der Waals surface area contributed by atoms with Crippen molar-refractivity contribution < 1.29 is 9.53 Å². The molecule has 2 aromatic heterocycles. The molecular weight excluding hydrogens is 428 g/mol. The van der Waals surface area contributed by atoms with Gasteiger partial charge >= 0.3 is 0 Å². The summed E-state index contributed by atoms with van der Waals surface area (Å²) in [5.41, 5.74) is 0.805. The summed E-state index contributed by atoms with van der Waals surface area (Å²) in [6.45, 7) is 3.65. The number of benzene rings is 2. The topological polar surface area (TPSA) is 60.2 Å². The predicted molar refractivity (Wildman–Crippen MR) is 127 cm³/mol. The fourth-order valence-electron chi connectivity index (χ4n) is 3.17. The third kappa shape index (κ3) is 5.45. The highest BCUT2D eigenvalue weighted by Crippen LogP contribution is 2.34. The summed E-state index contributed by atoms with van der Waals surface area (Å²) >= 11 is 3.21. The molecule has 0 saturated carbocycles. The van der Waals surface area contributed by atoms with E-state index in [1.807, 2.05) is 60.3 Å². The molecule has 0 bridgehead atoms. The Balaban J connectivity index is 1.52. The molecule has 0 aliphatic heterocycles.